The minimum absolute atomic E-state index is 0.350. The van der Waals surface area contributed by atoms with E-state index < -0.39 is 0 Å². The van der Waals surface area contributed by atoms with E-state index in [1.54, 1.807) is 22.2 Å². The first-order valence-corrected chi connectivity index (χ1v) is 5.87. The highest BCUT2D eigenvalue weighted by Crippen LogP contribution is 2.17. The van der Waals surface area contributed by atoms with Crippen molar-refractivity contribution in [2.45, 2.75) is 6.54 Å². The molecule has 16 heavy (non-hydrogen) atoms. The Kier molecular flexibility index (Phi) is 2.12. The molecular weight excluding hydrogens is 246 g/mol. The van der Waals surface area contributed by atoms with E-state index in [4.69, 9.17) is 17.3 Å². The molecule has 2 N–H and O–H groups in total. The van der Waals surface area contributed by atoms with Gasteiger partial charge < -0.3 is 5.73 Å². The Morgan fingerprint density at radius 3 is 3.00 bits per heavy atom. The second kappa shape index (κ2) is 3.50. The number of nitrogens with zero attached hydrogens (tertiary/aromatic N) is 4. The Morgan fingerprint density at radius 1 is 1.44 bits per heavy atom. The van der Waals surface area contributed by atoms with E-state index in [1.807, 2.05) is 22.2 Å². The summed E-state index contributed by atoms with van der Waals surface area (Å²) in [5.41, 5.74) is 6.50. The van der Waals surface area contributed by atoms with Crippen molar-refractivity contribution in [3.63, 3.8) is 0 Å². The van der Waals surface area contributed by atoms with Crippen LogP contribution in [0.4, 0.5) is 5.82 Å². The first-order valence-electron chi connectivity index (χ1n) is 4.62. The van der Waals surface area contributed by atoms with Crippen molar-refractivity contribution >= 4 is 33.7 Å². The summed E-state index contributed by atoms with van der Waals surface area (Å²) in [6.45, 7) is 0.575. The van der Waals surface area contributed by atoms with E-state index in [9.17, 15) is 0 Å². The summed E-state index contributed by atoms with van der Waals surface area (Å²) in [4.78, 5) is 5.42. The molecule has 0 bridgehead atoms. The maximum absolute atomic E-state index is 5.82. The van der Waals surface area contributed by atoms with Crippen LogP contribution in [0.5, 0.6) is 0 Å². The fourth-order valence-electron chi connectivity index (χ4n) is 1.51. The summed E-state index contributed by atoms with van der Waals surface area (Å²) in [5.74, 6) is 0.350. The fraction of sp³-hybridized carbons (Fsp3) is 0.111. The van der Waals surface area contributed by atoms with E-state index >= 15 is 0 Å². The predicted molar refractivity (Wildman–Crippen MR) is 63.8 cm³/mol. The monoisotopic (exact) mass is 253 g/mol. The number of imidazole rings is 1. The van der Waals surface area contributed by atoms with Gasteiger partial charge in [0.2, 0.25) is 0 Å². The van der Waals surface area contributed by atoms with Crippen LogP contribution in [0, 0.1) is 0 Å². The quantitative estimate of drug-likeness (QED) is 0.759. The van der Waals surface area contributed by atoms with Crippen molar-refractivity contribution in [2.75, 3.05) is 5.73 Å². The molecule has 7 heteroatoms. The Labute approximate surface area is 100 Å². The molecule has 0 atom stereocenters. The van der Waals surface area contributed by atoms with Crippen LogP contribution < -0.4 is 5.73 Å². The van der Waals surface area contributed by atoms with Crippen molar-refractivity contribution in [2.24, 2.45) is 0 Å². The maximum Gasteiger partial charge on any atom is 0.193 e. The molecule has 0 aliphatic heterocycles. The SMILES string of the molecule is Nc1nn(Cc2cn3ccsc3n2)cc1Cl. The second-order valence-corrected chi connectivity index (χ2v) is 4.67. The third-order valence-electron chi connectivity index (χ3n) is 2.21. The number of aromatic nitrogens is 4. The van der Waals surface area contributed by atoms with Gasteiger partial charge in [-0.2, -0.15) is 5.10 Å². The van der Waals surface area contributed by atoms with Crippen LogP contribution >= 0.6 is 22.9 Å². The Bertz CT molecular complexity index is 589. The van der Waals surface area contributed by atoms with Gasteiger partial charge in [-0.1, -0.05) is 11.6 Å². The second-order valence-electron chi connectivity index (χ2n) is 3.38. The molecule has 0 aliphatic rings. The highest BCUT2D eigenvalue weighted by Gasteiger charge is 2.06. The molecule has 0 spiro atoms. The summed E-state index contributed by atoms with van der Waals surface area (Å²) in [6.07, 6.45) is 5.64. The Hall–Kier alpha value is -1.53. The predicted octanol–water partition coefficient (Wildman–Crippen LogP) is 1.88. The molecule has 3 aromatic rings. The van der Waals surface area contributed by atoms with Gasteiger partial charge in [-0.3, -0.25) is 9.08 Å². The van der Waals surface area contributed by atoms with Crippen LogP contribution in [0.1, 0.15) is 5.69 Å². The van der Waals surface area contributed by atoms with E-state index in [0.29, 0.717) is 17.4 Å². The van der Waals surface area contributed by atoms with Crippen molar-refractivity contribution in [1.29, 1.82) is 0 Å². The average Bonchev–Trinajstić information content (AvgIpc) is 2.83. The van der Waals surface area contributed by atoms with Crippen LogP contribution in [-0.2, 0) is 6.54 Å². The lowest BCUT2D eigenvalue weighted by atomic mass is 10.5. The van der Waals surface area contributed by atoms with E-state index in [2.05, 4.69) is 10.1 Å². The number of fused-ring (bicyclic) bond motifs is 1. The van der Waals surface area contributed by atoms with Crippen LogP contribution in [0.3, 0.4) is 0 Å². The lowest BCUT2D eigenvalue weighted by Crippen LogP contribution is -2.01. The molecule has 82 valence electrons. The van der Waals surface area contributed by atoms with Gasteiger partial charge in [-0.15, -0.1) is 11.3 Å². The number of nitrogen functional groups attached to an aromatic ring is 1. The van der Waals surface area contributed by atoms with Crippen molar-refractivity contribution < 1.29 is 0 Å². The van der Waals surface area contributed by atoms with Gasteiger partial charge in [0.05, 0.1) is 12.2 Å². The summed E-state index contributed by atoms with van der Waals surface area (Å²) in [5, 5.41) is 6.54. The lowest BCUT2D eigenvalue weighted by Gasteiger charge is -1.95. The standard InChI is InChI=1S/C9H8ClN5S/c10-7-5-15(13-8(7)11)4-6-3-14-1-2-16-9(14)12-6/h1-3,5H,4H2,(H2,11,13). The first-order chi connectivity index (χ1) is 7.72. The fourth-order valence-corrected chi connectivity index (χ4v) is 2.38. The molecule has 0 saturated heterocycles. The zero-order valence-electron chi connectivity index (χ0n) is 8.17. The molecule has 0 aromatic carbocycles. The third-order valence-corrected chi connectivity index (χ3v) is 3.27. The lowest BCUT2D eigenvalue weighted by molar-refractivity contribution is 0.679. The molecule has 0 radical (unpaired) electrons. The molecule has 0 fully saturated rings. The van der Waals surface area contributed by atoms with Crippen molar-refractivity contribution in [1.82, 2.24) is 19.2 Å². The molecule has 3 heterocycles. The van der Waals surface area contributed by atoms with E-state index in [0.717, 1.165) is 10.7 Å². The number of hydrogen-bond donors (Lipinski definition) is 1. The Morgan fingerprint density at radius 2 is 2.31 bits per heavy atom. The summed E-state index contributed by atoms with van der Waals surface area (Å²) >= 11 is 7.42. The molecule has 0 amide bonds. The van der Waals surface area contributed by atoms with Crippen LogP contribution in [0.15, 0.2) is 24.0 Å². The van der Waals surface area contributed by atoms with Gasteiger partial charge in [-0.25, -0.2) is 4.98 Å². The van der Waals surface area contributed by atoms with Crippen molar-refractivity contribution in [3.8, 4) is 0 Å². The maximum atomic E-state index is 5.82. The summed E-state index contributed by atoms with van der Waals surface area (Å²) in [7, 11) is 0. The third kappa shape index (κ3) is 1.56. The van der Waals surface area contributed by atoms with E-state index in [-0.39, 0.29) is 0 Å². The molecule has 0 saturated carbocycles. The average molecular weight is 254 g/mol. The minimum atomic E-state index is 0.350. The normalized spacial score (nSPS) is 11.3. The zero-order chi connectivity index (χ0) is 11.1. The van der Waals surface area contributed by atoms with Crippen LogP contribution in [-0.4, -0.2) is 19.2 Å². The van der Waals surface area contributed by atoms with Gasteiger partial charge in [0.1, 0.15) is 5.02 Å². The van der Waals surface area contributed by atoms with Crippen LogP contribution in [0.25, 0.3) is 4.96 Å². The van der Waals surface area contributed by atoms with Gasteiger partial charge in [-0.05, 0) is 0 Å². The molecule has 0 aliphatic carbocycles. The molecule has 0 unspecified atom stereocenters. The largest absolute Gasteiger partial charge is 0.381 e. The molecular formula is C9H8ClN5S. The van der Waals surface area contributed by atoms with Crippen molar-refractivity contribution in [3.05, 3.63) is 34.7 Å². The highest BCUT2D eigenvalue weighted by atomic mass is 35.5. The summed E-state index contributed by atoms with van der Waals surface area (Å²) in [6, 6.07) is 0. The molecule has 5 nitrogen and oxygen atoms in total. The number of nitrogens with two attached hydrogens (primary N) is 1. The molecule has 3 aromatic heterocycles. The Balaban J connectivity index is 1.91. The van der Waals surface area contributed by atoms with Gasteiger partial charge >= 0.3 is 0 Å². The first kappa shape index (κ1) is 9.68. The molecule has 3 rings (SSSR count). The van der Waals surface area contributed by atoms with Gasteiger partial charge in [0, 0.05) is 24.0 Å². The highest BCUT2D eigenvalue weighted by molar-refractivity contribution is 7.15. The topological polar surface area (TPSA) is 61.1 Å². The number of thiazole rings is 1. The smallest absolute Gasteiger partial charge is 0.193 e. The van der Waals surface area contributed by atoms with Gasteiger partial charge in [0.25, 0.3) is 0 Å². The van der Waals surface area contributed by atoms with E-state index in [1.165, 1.54) is 0 Å². The number of halogens is 1. The van der Waals surface area contributed by atoms with Gasteiger partial charge in [0.15, 0.2) is 10.8 Å². The minimum Gasteiger partial charge on any atom is -0.381 e. The number of hydrogen-bond acceptors (Lipinski definition) is 4. The number of rotatable bonds is 2. The zero-order valence-corrected chi connectivity index (χ0v) is 9.74. The number of anilines is 1. The summed E-state index contributed by atoms with van der Waals surface area (Å²) < 4.78 is 3.67. The van der Waals surface area contributed by atoms with Crippen LogP contribution in [0.2, 0.25) is 5.02 Å².